The van der Waals surface area contributed by atoms with Crippen molar-refractivity contribution in [2.75, 3.05) is 19.6 Å². The summed E-state index contributed by atoms with van der Waals surface area (Å²) in [6.45, 7) is 5.28. The van der Waals surface area contributed by atoms with Gasteiger partial charge in [-0.2, -0.15) is 4.72 Å². The molecule has 1 aromatic rings. The topological polar surface area (TPSA) is 113 Å². The van der Waals surface area contributed by atoms with Crippen molar-refractivity contribution < 1.29 is 17.7 Å². The lowest BCUT2D eigenvalue weighted by atomic mass is 9.97. The highest BCUT2D eigenvalue weighted by atomic mass is 32.2. The molecule has 9 heteroatoms. The van der Waals surface area contributed by atoms with E-state index in [2.05, 4.69) is 26.6 Å². The first-order valence-corrected chi connectivity index (χ1v) is 10.5. The number of aryl methyl sites for hydroxylation is 2. The minimum atomic E-state index is -3.90. The molecule has 2 aliphatic rings. The van der Waals surface area contributed by atoms with Crippen molar-refractivity contribution in [3.05, 3.63) is 23.1 Å². The third-order valence-corrected chi connectivity index (χ3v) is 6.87. The molecule has 1 saturated carbocycles. The van der Waals surface area contributed by atoms with Crippen LogP contribution >= 0.6 is 0 Å². The minimum absolute atomic E-state index is 0.0256. The Labute approximate surface area is 153 Å². The van der Waals surface area contributed by atoms with E-state index in [-0.39, 0.29) is 16.6 Å². The summed E-state index contributed by atoms with van der Waals surface area (Å²) in [5.41, 5.74) is 0.352. The van der Waals surface area contributed by atoms with Gasteiger partial charge in [0.2, 0.25) is 15.9 Å². The largest absolute Gasteiger partial charge is 0.360 e. The second kappa shape index (κ2) is 7.50. The van der Waals surface area contributed by atoms with Gasteiger partial charge in [0.05, 0.1) is 0 Å². The molecule has 3 N–H and O–H groups in total. The fraction of sp³-hybridized carbons (Fsp3) is 0.647. The predicted octanol–water partition coefficient (Wildman–Crippen LogP) is 0.918. The molecule has 2 heterocycles. The van der Waals surface area contributed by atoms with Gasteiger partial charge in [-0.05, 0) is 39.7 Å². The molecule has 144 valence electrons. The zero-order chi connectivity index (χ0) is 18.8. The molecule has 0 unspecified atom stereocenters. The minimum Gasteiger partial charge on any atom is -0.360 e. The van der Waals surface area contributed by atoms with E-state index in [1.165, 1.54) is 5.57 Å². The van der Waals surface area contributed by atoms with Gasteiger partial charge in [-0.15, -0.1) is 0 Å². The van der Waals surface area contributed by atoms with Crippen molar-refractivity contribution in [3.8, 4) is 0 Å². The fourth-order valence-corrected chi connectivity index (χ4v) is 5.47. The van der Waals surface area contributed by atoms with E-state index < -0.39 is 15.6 Å². The van der Waals surface area contributed by atoms with E-state index in [9.17, 15) is 13.2 Å². The van der Waals surface area contributed by atoms with Gasteiger partial charge in [0.25, 0.3) is 0 Å². The van der Waals surface area contributed by atoms with Crippen LogP contribution in [0, 0.1) is 13.8 Å². The average molecular weight is 382 g/mol. The standard InChI is InChI=1S/C17H26N4O4S/c1-12-15(13(2)25-20-12)26(23,24)21-17(7-3-4-8-17)16(22)19-11-14-5-9-18-10-6-14/h5,18,21H,3-4,6-11H2,1-2H3,(H,19,22). The Morgan fingerprint density at radius 1 is 1.35 bits per heavy atom. The Hall–Kier alpha value is -1.71. The Morgan fingerprint density at radius 2 is 2.08 bits per heavy atom. The number of nitrogens with one attached hydrogen (secondary N) is 3. The monoisotopic (exact) mass is 382 g/mol. The van der Waals surface area contributed by atoms with Crippen molar-refractivity contribution in [2.24, 2.45) is 0 Å². The van der Waals surface area contributed by atoms with Crippen molar-refractivity contribution in [3.63, 3.8) is 0 Å². The summed E-state index contributed by atoms with van der Waals surface area (Å²) in [6.07, 6.45) is 5.55. The van der Waals surface area contributed by atoms with Crippen LogP contribution in [0.4, 0.5) is 0 Å². The summed E-state index contributed by atoms with van der Waals surface area (Å²) >= 11 is 0. The van der Waals surface area contributed by atoms with Gasteiger partial charge in [-0.3, -0.25) is 4.79 Å². The molecule has 0 aromatic carbocycles. The Kier molecular flexibility index (Phi) is 5.50. The Balaban J connectivity index is 1.77. The second-order valence-electron chi connectivity index (χ2n) is 7.05. The highest BCUT2D eigenvalue weighted by Gasteiger charge is 2.45. The molecular formula is C17H26N4O4S. The van der Waals surface area contributed by atoms with E-state index in [0.29, 0.717) is 25.1 Å². The SMILES string of the molecule is Cc1noc(C)c1S(=O)(=O)NC1(C(=O)NCC2=CCNCC2)CCCC1. The highest BCUT2D eigenvalue weighted by Crippen LogP contribution is 2.32. The van der Waals surface area contributed by atoms with Crippen LogP contribution in [0.2, 0.25) is 0 Å². The number of carbonyl (C=O) groups is 1. The van der Waals surface area contributed by atoms with Crippen molar-refractivity contribution in [1.29, 1.82) is 0 Å². The Bertz CT molecular complexity index is 787. The summed E-state index contributed by atoms with van der Waals surface area (Å²) in [7, 11) is -3.90. The maximum absolute atomic E-state index is 12.9. The van der Waals surface area contributed by atoms with Crippen LogP contribution in [-0.2, 0) is 14.8 Å². The molecule has 0 bridgehead atoms. The van der Waals surface area contributed by atoms with Gasteiger partial charge in [-0.1, -0.05) is 29.6 Å². The van der Waals surface area contributed by atoms with Gasteiger partial charge in [0.1, 0.15) is 16.1 Å². The molecule has 26 heavy (non-hydrogen) atoms. The Morgan fingerprint density at radius 3 is 2.65 bits per heavy atom. The summed E-state index contributed by atoms with van der Waals surface area (Å²) < 4.78 is 33.4. The van der Waals surface area contributed by atoms with Gasteiger partial charge >= 0.3 is 0 Å². The van der Waals surface area contributed by atoms with Crippen molar-refractivity contribution in [2.45, 2.75) is 56.4 Å². The lowest BCUT2D eigenvalue weighted by Gasteiger charge is -2.29. The van der Waals surface area contributed by atoms with E-state index >= 15 is 0 Å². The zero-order valence-corrected chi connectivity index (χ0v) is 16.0. The molecule has 1 aliphatic carbocycles. The molecule has 8 nitrogen and oxygen atoms in total. The lowest BCUT2D eigenvalue weighted by molar-refractivity contribution is -0.126. The van der Waals surface area contributed by atoms with Gasteiger partial charge in [-0.25, -0.2) is 8.42 Å². The van der Waals surface area contributed by atoms with E-state index in [1.807, 2.05) is 0 Å². The summed E-state index contributed by atoms with van der Waals surface area (Å²) in [6, 6.07) is 0. The van der Waals surface area contributed by atoms with Gasteiger partial charge in [0.15, 0.2) is 5.76 Å². The molecule has 3 rings (SSSR count). The highest BCUT2D eigenvalue weighted by molar-refractivity contribution is 7.89. The van der Waals surface area contributed by atoms with Gasteiger partial charge < -0.3 is 15.2 Å². The van der Waals surface area contributed by atoms with E-state index in [4.69, 9.17) is 4.52 Å². The first-order chi connectivity index (χ1) is 12.3. The van der Waals surface area contributed by atoms with Crippen LogP contribution in [0.25, 0.3) is 0 Å². The molecular weight excluding hydrogens is 356 g/mol. The fourth-order valence-electron chi connectivity index (χ4n) is 3.71. The zero-order valence-electron chi connectivity index (χ0n) is 15.2. The number of carbonyl (C=O) groups excluding carboxylic acids is 1. The van der Waals surface area contributed by atoms with E-state index in [1.54, 1.807) is 13.8 Å². The van der Waals surface area contributed by atoms with Crippen molar-refractivity contribution in [1.82, 2.24) is 20.5 Å². The molecule has 1 fully saturated rings. The second-order valence-corrected chi connectivity index (χ2v) is 8.67. The molecule has 1 amide bonds. The average Bonchev–Trinajstić information content (AvgIpc) is 3.20. The van der Waals surface area contributed by atoms with Crippen LogP contribution in [0.3, 0.4) is 0 Å². The first kappa shape index (κ1) is 19.1. The molecule has 0 radical (unpaired) electrons. The van der Waals surface area contributed by atoms with Crippen molar-refractivity contribution >= 4 is 15.9 Å². The molecule has 1 aliphatic heterocycles. The normalized spacial score (nSPS) is 20.0. The number of hydrogen-bond donors (Lipinski definition) is 3. The number of amides is 1. The van der Waals surface area contributed by atoms with Crippen LogP contribution < -0.4 is 15.4 Å². The maximum Gasteiger partial charge on any atom is 0.246 e. The molecule has 1 aromatic heterocycles. The van der Waals surface area contributed by atoms with Crippen LogP contribution in [0.1, 0.15) is 43.6 Å². The molecule has 0 spiro atoms. The lowest BCUT2D eigenvalue weighted by Crippen LogP contribution is -2.57. The first-order valence-electron chi connectivity index (χ1n) is 8.98. The van der Waals surface area contributed by atoms with Gasteiger partial charge in [0, 0.05) is 13.1 Å². The molecule has 0 atom stereocenters. The number of sulfonamides is 1. The third kappa shape index (κ3) is 3.84. The predicted molar refractivity (Wildman–Crippen MR) is 96.1 cm³/mol. The number of rotatable bonds is 6. The summed E-state index contributed by atoms with van der Waals surface area (Å²) in [4.78, 5) is 12.9. The van der Waals surface area contributed by atoms with Crippen LogP contribution in [0.5, 0.6) is 0 Å². The maximum atomic E-state index is 12.9. The quantitative estimate of drug-likeness (QED) is 0.631. The number of nitrogens with zero attached hydrogens (tertiary/aromatic N) is 1. The smallest absolute Gasteiger partial charge is 0.246 e. The number of aromatic nitrogens is 1. The third-order valence-electron chi connectivity index (χ3n) is 5.09. The summed E-state index contributed by atoms with van der Waals surface area (Å²) in [5, 5.41) is 9.87. The van der Waals surface area contributed by atoms with Crippen LogP contribution in [0.15, 0.2) is 21.1 Å². The molecule has 0 saturated heterocycles. The number of hydrogen-bond acceptors (Lipinski definition) is 6. The van der Waals surface area contributed by atoms with Crippen LogP contribution in [-0.4, -0.2) is 44.7 Å². The summed E-state index contributed by atoms with van der Waals surface area (Å²) in [5.74, 6) is -0.0341. The van der Waals surface area contributed by atoms with E-state index in [0.717, 1.165) is 32.4 Å².